The summed E-state index contributed by atoms with van der Waals surface area (Å²) in [6.45, 7) is 0.168. The lowest BCUT2D eigenvalue weighted by Gasteiger charge is -2.19. The van der Waals surface area contributed by atoms with Crippen molar-refractivity contribution in [3.05, 3.63) is 65.5 Å². The van der Waals surface area contributed by atoms with Crippen molar-refractivity contribution in [3.63, 3.8) is 0 Å². The van der Waals surface area contributed by atoms with Crippen LogP contribution in [0.15, 0.2) is 48.5 Å². The molecular weight excluding hydrogens is 364 g/mol. The van der Waals surface area contributed by atoms with Crippen LogP contribution in [0.1, 0.15) is 17.0 Å². The summed E-state index contributed by atoms with van der Waals surface area (Å²) in [6, 6.07) is 10.1. The van der Waals surface area contributed by atoms with Crippen LogP contribution in [0, 0.1) is 11.7 Å². The molecule has 0 bridgehead atoms. The molecule has 0 saturated carbocycles. The number of likely N-dealkylation sites (tertiary alicyclic amines) is 1. The zero-order chi connectivity index (χ0) is 19.8. The number of carbonyl (C=O) groups is 2. The summed E-state index contributed by atoms with van der Waals surface area (Å²) in [7, 11) is 1.49. The number of likely N-dealkylation sites (N-methyl/N-ethyl adjacent to an activating group) is 1. The maximum Gasteiger partial charge on any atom is 0.418 e. The van der Waals surface area contributed by atoms with E-state index in [9.17, 15) is 27.2 Å². The first-order valence-corrected chi connectivity index (χ1v) is 8.16. The topological polar surface area (TPSA) is 49.4 Å². The molecule has 1 aliphatic heterocycles. The van der Waals surface area contributed by atoms with Crippen LogP contribution in [-0.4, -0.2) is 30.3 Å². The summed E-state index contributed by atoms with van der Waals surface area (Å²) in [4.78, 5) is 26.5. The van der Waals surface area contributed by atoms with Crippen molar-refractivity contribution in [2.75, 3.05) is 18.9 Å². The monoisotopic (exact) mass is 380 g/mol. The summed E-state index contributed by atoms with van der Waals surface area (Å²) in [5, 5.41) is 2.22. The Morgan fingerprint density at radius 2 is 1.85 bits per heavy atom. The second-order valence-electron chi connectivity index (χ2n) is 6.39. The number of halogens is 4. The van der Waals surface area contributed by atoms with Gasteiger partial charge in [0.1, 0.15) is 11.7 Å². The number of benzene rings is 2. The van der Waals surface area contributed by atoms with Crippen molar-refractivity contribution in [2.24, 2.45) is 5.92 Å². The fraction of sp³-hybridized carbons (Fsp3) is 0.263. The van der Waals surface area contributed by atoms with Crippen molar-refractivity contribution < 1.29 is 27.2 Å². The molecule has 0 unspecified atom stereocenters. The molecule has 27 heavy (non-hydrogen) atoms. The SMILES string of the molecule is CN1C[C@H](c2cccc(F)c2)[C@@H](C(=O)Nc2ccccc2C(F)(F)F)C1=O. The normalized spacial score (nSPS) is 20.0. The zero-order valence-corrected chi connectivity index (χ0v) is 14.3. The maximum atomic E-state index is 13.5. The molecule has 0 spiro atoms. The van der Waals surface area contributed by atoms with Crippen molar-refractivity contribution in [1.82, 2.24) is 4.90 Å². The number of hydrogen-bond donors (Lipinski definition) is 1. The Labute approximate surface area is 152 Å². The van der Waals surface area contributed by atoms with Crippen LogP contribution in [0.4, 0.5) is 23.2 Å². The summed E-state index contributed by atoms with van der Waals surface area (Å²) in [5.41, 5.74) is -0.980. The largest absolute Gasteiger partial charge is 0.418 e. The van der Waals surface area contributed by atoms with E-state index in [0.717, 1.165) is 12.1 Å². The minimum Gasteiger partial charge on any atom is -0.344 e. The van der Waals surface area contributed by atoms with Gasteiger partial charge >= 0.3 is 6.18 Å². The van der Waals surface area contributed by atoms with E-state index < -0.39 is 46.9 Å². The summed E-state index contributed by atoms with van der Waals surface area (Å²) in [6.07, 6.45) is -4.65. The van der Waals surface area contributed by atoms with Crippen LogP contribution in [0.2, 0.25) is 0 Å². The average Bonchev–Trinajstić information content (AvgIpc) is 2.90. The molecular formula is C19H16F4N2O2. The van der Waals surface area contributed by atoms with E-state index in [0.29, 0.717) is 5.56 Å². The molecule has 0 radical (unpaired) electrons. The van der Waals surface area contributed by atoms with Crippen molar-refractivity contribution >= 4 is 17.5 Å². The fourth-order valence-corrected chi connectivity index (χ4v) is 3.28. The third-order valence-electron chi connectivity index (χ3n) is 4.56. The lowest BCUT2D eigenvalue weighted by Crippen LogP contribution is -2.33. The van der Waals surface area contributed by atoms with E-state index in [1.165, 1.54) is 42.3 Å². The van der Waals surface area contributed by atoms with Gasteiger partial charge in [0.25, 0.3) is 0 Å². The molecule has 2 amide bonds. The Balaban J connectivity index is 1.92. The first-order valence-electron chi connectivity index (χ1n) is 8.16. The third-order valence-corrected chi connectivity index (χ3v) is 4.56. The Morgan fingerprint density at radius 1 is 1.15 bits per heavy atom. The molecule has 1 heterocycles. The Bertz CT molecular complexity index is 882. The molecule has 1 aliphatic rings. The highest BCUT2D eigenvalue weighted by Gasteiger charge is 2.45. The van der Waals surface area contributed by atoms with Gasteiger partial charge in [0.05, 0.1) is 11.3 Å². The summed E-state index contributed by atoms with van der Waals surface area (Å²) >= 11 is 0. The van der Waals surface area contributed by atoms with E-state index in [1.54, 1.807) is 6.07 Å². The van der Waals surface area contributed by atoms with Gasteiger partial charge < -0.3 is 10.2 Å². The summed E-state index contributed by atoms with van der Waals surface area (Å²) < 4.78 is 52.9. The molecule has 2 atom stereocenters. The predicted octanol–water partition coefficient (Wildman–Crippen LogP) is 3.66. The smallest absolute Gasteiger partial charge is 0.344 e. The number of nitrogens with zero attached hydrogens (tertiary/aromatic N) is 1. The lowest BCUT2D eigenvalue weighted by atomic mass is 9.87. The number of alkyl halides is 3. The lowest BCUT2D eigenvalue weighted by molar-refractivity contribution is -0.137. The molecule has 1 saturated heterocycles. The van der Waals surface area contributed by atoms with Gasteiger partial charge in [-0.25, -0.2) is 4.39 Å². The van der Waals surface area contributed by atoms with Crippen molar-refractivity contribution in [2.45, 2.75) is 12.1 Å². The van der Waals surface area contributed by atoms with E-state index in [-0.39, 0.29) is 6.54 Å². The molecule has 0 aliphatic carbocycles. The predicted molar refractivity (Wildman–Crippen MR) is 90.3 cm³/mol. The zero-order valence-electron chi connectivity index (χ0n) is 14.3. The highest BCUT2D eigenvalue weighted by molar-refractivity contribution is 6.08. The number of nitrogens with one attached hydrogen (secondary N) is 1. The van der Waals surface area contributed by atoms with Gasteiger partial charge in [0.15, 0.2) is 0 Å². The van der Waals surface area contributed by atoms with E-state index >= 15 is 0 Å². The molecule has 2 aromatic rings. The molecule has 2 aromatic carbocycles. The number of carbonyl (C=O) groups excluding carboxylic acids is 2. The molecule has 1 N–H and O–H groups in total. The number of amides is 2. The fourth-order valence-electron chi connectivity index (χ4n) is 3.28. The number of para-hydroxylation sites is 1. The van der Waals surface area contributed by atoms with Crippen LogP contribution in [0.5, 0.6) is 0 Å². The summed E-state index contributed by atoms with van der Waals surface area (Å²) in [5.74, 6) is -3.79. The van der Waals surface area contributed by atoms with Gasteiger partial charge in [0.2, 0.25) is 11.8 Å². The van der Waals surface area contributed by atoms with Gasteiger partial charge in [-0.05, 0) is 29.8 Å². The minimum atomic E-state index is -4.65. The standard InChI is InChI=1S/C19H16F4N2O2/c1-25-10-13(11-5-4-6-12(20)9-11)16(18(25)27)17(26)24-15-8-3-2-7-14(15)19(21,22)23/h2-9,13,16H,10H2,1H3,(H,24,26)/t13-,16+/m1/s1. The second-order valence-corrected chi connectivity index (χ2v) is 6.39. The number of hydrogen-bond acceptors (Lipinski definition) is 2. The van der Waals surface area contributed by atoms with Crippen molar-refractivity contribution in [3.8, 4) is 0 Å². The van der Waals surface area contributed by atoms with E-state index in [2.05, 4.69) is 5.32 Å². The Morgan fingerprint density at radius 3 is 2.52 bits per heavy atom. The molecule has 8 heteroatoms. The van der Waals surface area contributed by atoms with Gasteiger partial charge in [-0.3, -0.25) is 9.59 Å². The van der Waals surface area contributed by atoms with Gasteiger partial charge in [-0.2, -0.15) is 13.2 Å². The second kappa shape index (κ2) is 7.02. The highest BCUT2D eigenvalue weighted by Crippen LogP contribution is 2.37. The van der Waals surface area contributed by atoms with E-state index in [4.69, 9.17) is 0 Å². The van der Waals surface area contributed by atoms with Crippen LogP contribution in [0.3, 0.4) is 0 Å². The Kier molecular flexibility index (Phi) is 4.91. The van der Waals surface area contributed by atoms with Crippen LogP contribution in [0.25, 0.3) is 0 Å². The first-order chi connectivity index (χ1) is 12.7. The number of rotatable bonds is 3. The van der Waals surface area contributed by atoms with Crippen LogP contribution in [-0.2, 0) is 15.8 Å². The van der Waals surface area contributed by atoms with Gasteiger partial charge in [-0.15, -0.1) is 0 Å². The molecule has 142 valence electrons. The molecule has 0 aromatic heterocycles. The quantitative estimate of drug-likeness (QED) is 0.653. The van der Waals surface area contributed by atoms with Crippen molar-refractivity contribution in [1.29, 1.82) is 0 Å². The third kappa shape index (κ3) is 3.79. The average molecular weight is 380 g/mol. The molecule has 1 fully saturated rings. The van der Waals surface area contributed by atoms with Gasteiger partial charge in [-0.1, -0.05) is 24.3 Å². The number of anilines is 1. The first kappa shape index (κ1) is 18.9. The molecule has 4 nitrogen and oxygen atoms in total. The van der Waals surface area contributed by atoms with Crippen LogP contribution < -0.4 is 5.32 Å². The highest BCUT2D eigenvalue weighted by atomic mass is 19.4. The molecule has 3 rings (SSSR count). The van der Waals surface area contributed by atoms with Crippen LogP contribution >= 0.6 is 0 Å². The minimum absolute atomic E-state index is 0.168. The van der Waals surface area contributed by atoms with Gasteiger partial charge in [0, 0.05) is 19.5 Å². The van der Waals surface area contributed by atoms with E-state index in [1.807, 2.05) is 0 Å². The Hall–Kier alpha value is -2.90. The maximum absolute atomic E-state index is 13.5.